The van der Waals surface area contributed by atoms with Crippen LogP contribution in [0.5, 0.6) is 5.75 Å². The largest absolute Gasteiger partial charge is 0.489 e. The second-order valence-corrected chi connectivity index (χ2v) is 6.84. The summed E-state index contributed by atoms with van der Waals surface area (Å²) in [6.07, 6.45) is -0.151. The minimum Gasteiger partial charge on any atom is -0.489 e. The standard InChI is InChI=1S/C20H16BrFO5/c1-11-15-6-5-14(26-10-12-3-4-13(21)7-17(12)22)8-18(15)27-20(24)16(11)9-19(23)25-2/h3-8H,9-10H2,1-2H3. The Bertz CT molecular complexity index is 1070. The van der Waals surface area contributed by atoms with Crippen molar-refractivity contribution in [3.8, 4) is 5.75 Å². The SMILES string of the molecule is COC(=O)Cc1c(C)c2ccc(OCc3ccc(Br)cc3F)cc2oc1=O. The van der Waals surface area contributed by atoms with Crippen LogP contribution in [0.4, 0.5) is 4.39 Å². The van der Waals surface area contributed by atoms with Gasteiger partial charge < -0.3 is 13.9 Å². The molecule has 7 heteroatoms. The van der Waals surface area contributed by atoms with Crippen molar-refractivity contribution in [2.75, 3.05) is 7.11 Å². The Kier molecular flexibility index (Phi) is 5.60. The molecule has 3 aromatic rings. The summed E-state index contributed by atoms with van der Waals surface area (Å²) in [4.78, 5) is 23.7. The lowest BCUT2D eigenvalue weighted by Gasteiger charge is -2.10. The van der Waals surface area contributed by atoms with Crippen molar-refractivity contribution >= 4 is 32.9 Å². The fourth-order valence-corrected chi connectivity index (χ4v) is 3.02. The molecular weight excluding hydrogens is 419 g/mol. The molecule has 2 aromatic carbocycles. The van der Waals surface area contributed by atoms with Gasteiger partial charge in [-0.2, -0.15) is 0 Å². The lowest BCUT2D eigenvalue weighted by molar-refractivity contribution is -0.139. The van der Waals surface area contributed by atoms with Crippen LogP contribution in [0, 0.1) is 12.7 Å². The Morgan fingerprint density at radius 2 is 2.00 bits per heavy atom. The van der Waals surface area contributed by atoms with Gasteiger partial charge in [-0.05, 0) is 36.8 Å². The van der Waals surface area contributed by atoms with Gasteiger partial charge in [0.2, 0.25) is 0 Å². The van der Waals surface area contributed by atoms with Gasteiger partial charge in [-0.25, -0.2) is 9.18 Å². The Hall–Kier alpha value is -2.67. The van der Waals surface area contributed by atoms with Crippen LogP contribution in [0.1, 0.15) is 16.7 Å². The third kappa shape index (κ3) is 4.19. The molecule has 0 saturated carbocycles. The van der Waals surface area contributed by atoms with Crippen LogP contribution in [-0.4, -0.2) is 13.1 Å². The minimum atomic E-state index is -0.596. The first-order valence-corrected chi connectivity index (χ1v) is 8.88. The Morgan fingerprint density at radius 3 is 2.70 bits per heavy atom. The molecule has 0 aliphatic heterocycles. The highest BCUT2D eigenvalue weighted by atomic mass is 79.9. The molecule has 27 heavy (non-hydrogen) atoms. The van der Waals surface area contributed by atoms with E-state index in [1.165, 1.54) is 13.2 Å². The summed E-state index contributed by atoms with van der Waals surface area (Å²) < 4.78 is 30.1. The van der Waals surface area contributed by atoms with Crippen LogP contribution >= 0.6 is 15.9 Å². The van der Waals surface area contributed by atoms with E-state index < -0.39 is 11.6 Å². The van der Waals surface area contributed by atoms with Crippen molar-refractivity contribution in [2.24, 2.45) is 0 Å². The molecule has 0 aliphatic carbocycles. The van der Waals surface area contributed by atoms with Crippen LogP contribution in [0.3, 0.4) is 0 Å². The Morgan fingerprint density at radius 1 is 1.22 bits per heavy atom. The van der Waals surface area contributed by atoms with E-state index in [1.807, 2.05) is 0 Å². The number of rotatable bonds is 5. The highest BCUT2D eigenvalue weighted by Gasteiger charge is 2.15. The van der Waals surface area contributed by atoms with Crippen LogP contribution in [-0.2, 0) is 22.6 Å². The zero-order valence-electron chi connectivity index (χ0n) is 14.7. The number of ether oxygens (including phenoxy) is 2. The molecule has 5 nitrogen and oxygen atoms in total. The molecule has 0 radical (unpaired) electrons. The molecule has 140 valence electrons. The fraction of sp³-hybridized carbons (Fsp3) is 0.200. The van der Waals surface area contributed by atoms with Gasteiger partial charge in [-0.15, -0.1) is 0 Å². The molecule has 0 fully saturated rings. The average molecular weight is 435 g/mol. The molecule has 0 amide bonds. The second kappa shape index (κ2) is 7.92. The highest BCUT2D eigenvalue weighted by molar-refractivity contribution is 9.10. The predicted octanol–water partition coefficient (Wildman–Crippen LogP) is 4.30. The summed E-state index contributed by atoms with van der Waals surface area (Å²) in [7, 11) is 1.26. The number of benzene rings is 2. The van der Waals surface area contributed by atoms with Gasteiger partial charge in [0, 0.05) is 21.5 Å². The molecule has 0 unspecified atom stereocenters. The van der Waals surface area contributed by atoms with Gasteiger partial charge >= 0.3 is 11.6 Å². The topological polar surface area (TPSA) is 65.7 Å². The number of carbonyl (C=O) groups excluding carboxylic acids is 1. The smallest absolute Gasteiger partial charge is 0.340 e. The molecule has 1 aromatic heterocycles. The molecule has 0 atom stereocenters. The van der Waals surface area contributed by atoms with E-state index in [9.17, 15) is 14.0 Å². The quantitative estimate of drug-likeness (QED) is 0.442. The van der Waals surface area contributed by atoms with Crippen molar-refractivity contribution < 1.29 is 23.1 Å². The van der Waals surface area contributed by atoms with Crippen LogP contribution < -0.4 is 10.4 Å². The lowest BCUT2D eigenvalue weighted by Crippen LogP contribution is -2.16. The summed E-state index contributed by atoms with van der Waals surface area (Å²) in [6.45, 7) is 1.78. The zero-order valence-corrected chi connectivity index (χ0v) is 16.3. The minimum absolute atomic E-state index is 0.0360. The molecule has 0 aliphatic rings. The van der Waals surface area contributed by atoms with Crippen molar-refractivity contribution in [3.05, 3.63) is 73.8 Å². The molecule has 0 N–H and O–H groups in total. The van der Waals surface area contributed by atoms with Gasteiger partial charge in [0.15, 0.2) is 0 Å². The number of hydrogen-bond acceptors (Lipinski definition) is 5. The van der Waals surface area contributed by atoms with E-state index in [0.717, 1.165) is 0 Å². The number of halogens is 2. The van der Waals surface area contributed by atoms with E-state index in [-0.39, 0.29) is 24.4 Å². The van der Waals surface area contributed by atoms with Gasteiger partial charge in [-0.1, -0.05) is 22.0 Å². The maximum absolute atomic E-state index is 13.9. The van der Waals surface area contributed by atoms with Gasteiger partial charge in [0.25, 0.3) is 0 Å². The summed E-state index contributed by atoms with van der Waals surface area (Å²) in [5.74, 6) is -0.450. The number of aryl methyl sites for hydroxylation is 1. The van der Waals surface area contributed by atoms with Crippen LogP contribution in [0.25, 0.3) is 11.0 Å². The first-order chi connectivity index (χ1) is 12.9. The van der Waals surface area contributed by atoms with Crippen molar-refractivity contribution in [3.63, 3.8) is 0 Å². The van der Waals surface area contributed by atoms with Crippen LogP contribution in [0.15, 0.2) is 50.1 Å². The van der Waals surface area contributed by atoms with Crippen molar-refractivity contribution in [1.82, 2.24) is 0 Å². The number of carbonyl (C=O) groups is 1. The lowest BCUT2D eigenvalue weighted by atomic mass is 10.0. The van der Waals surface area contributed by atoms with Gasteiger partial charge in [0.1, 0.15) is 23.8 Å². The number of esters is 1. The van der Waals surface area contributed by atoms with Gasteiger partial charge in [0.05, 0.1) is 19.1 Å². The third-order valence-electron chi connectivity index (χ3n) is 4.22. The van der Waals surface area contributed by atoms with E-state index >= 15 is 0 Å². The van der Waals surface area contributed by atoms with Crippen LogP contribution in [0.2, 0.25) is 0 Å². The van der Waals surface area contributed by atoms with Crippen molar-refractivity contribution in [1.29, 1.82) is 0 Å². The molecule has 0 spiro atoms. The molecular formula is C20H16BrFO5. The summed E-state index contributed by atoms with van der Waals surface area (Å²) >= 11 is 3.21. The Balaban J connectivity index is 1.88. The Labute approximate surface area is 162 Å². The van der Waals surface area contributed by atoms with Crippen molar-refractivity contribution in [2.45, 2.75) is 20.0 Å². The van der Waals surface area contributed by atoms with Gasteiger partial charge in [-0.3, -0.25) is 4.79 Å². The number of hydrogen-bond donors (Lipinski definition) is 0. The van der Waals surface area contributed by atoms with E-state index in [0.29, 0.717) is 32.3 Å². The monoisotopic (exact) mass is 434 g/mol. The first-order valence-electron chi connectivity index (χ1n) is 8.09. The number of methoxy groups -OCH3 is 1. The first kappa shape index (κ1) is 19.1. The maximum Gasteiger partial charge on any atom is 0.340 e. The summed E-state index contributed by atoms with van der Waals surface area (Å²) in [5.41, 5.74) is 1.06. The molecule has 1 heterocycles. The van der Waals surface area contributed by atoms with E-state index in [2.05, 4.69) is 20.7 Å². The normalized spacial score (nSPS) is 10.8. The third-order valence-corrected chi connectivity index (χ3v) is 4.71. The second-order valence-electron chi connectivity index (χ2n) is 5.93. The predicted molar refractivity (Wildman–Crippen MR) is 101 cm³/mol. The zero-order chi connectivity index (χ0) is 19.6. The molecule has 3 rings (SSSR count). The molecule has 0 saturated heterocycles. The number of fused-ring (bicyclic) bond motifs is 1. The average Bonchev–Trinajstić information content (AvgIpc) is 2.64. The maximum atomic E-state index is 13.9. The summed E-state index contributed by atoms with van der Waals surface area (Å²) in [6, 6.07) is 9.74. The highest BCUT2D eigenvalue weighted by Crippen LogP contribution is 2.25. The fourth-order valence-electron chi connectivity index (χ4n) is 2.68. The van der Waals surface area contributed by atoms with E-state index in [1.54, 1.807) is 37.3 Å². The van der Waals surface area contributed by atoms with E-state index in [4.69, 9.17) is 9.15 Å². The molecule has 0 bridgehead atoms. The summed E-state index contributed by atoms with van der Waals surface area (Å²) in [5, 5.41) is 0.690.